The Bertz CT molecular complexity index is 289. The third-order valence-corrected chi connectivity index (χ3v) is 2.35. The Hall–Kier alpha value is -1.09. The van der Waals surface area contributed by atoms with E-state index in [2.05, 4.69) is 24.1 Å². The molecule has 1 heterocycles. The van der Waals surface area contributed by atoms with Gasteiger partial charge in [0.15, 0.2) is 0 Å². The summed E-state index contributed by atoms with van der Waals surface area (Å²) < 4.78 is 5.73. The van der Waals surface area contributed by atoms with Gasteiger partial charge in [-0.15, -0.1) is 0 Å². The maximum absolute atomic E-state index is 5.73. The highest BCUT2D eigenvalue weighted by atomic mass is 16.5. The van der Waals surface area contributed by atoms with E-state index < -0.39 is 0 Å². The van der Waals surface area contributed by atoms with Crippen LogP contribution in [0, 0.1) is 0 Å². The van der Waals surface area contributed by atoms with Crippen molar-refractivity contribution in [2.75, 3.05) is 12.4 Å². The van der Waals surface area contributed by atoms with Crippen LogP contribution in [0.2, 0.25) is 0 Å². The lowest BCUT2D eigenvalue weighted by molar-refractivity contribution is 0.0473. The maximum atomic E-state index is 5.73. The molecule has 15 heavy (non-hydrogen) atoms. The van der Waals surface area contributed by atoms with E-state index in [4.69, 9.17) is 4.74 Å². The van der Waals surface area contributed by atoms with E-state index in [0.29, 0.717) is 12.7 Å². The van der Waals surface area contributed by atoms with Gasteiger partial charge >= 0.3 is 0 Å². The van der Waals surface area contributed by atoms with Crippen molar-refractivity contribution < 1.29 is 4.74 Å². The highest BCUT2D eigenvalue weighted by molar-refractivity contribution is 5.42. The van der Waals surface area contributed by atoms with Crippen LogP contribution in [0.4, 0.5) is 5.82 Å². The largest absolute Gasteiger partial charge is 0.374 e. The minimum atomic E-state index is 0.319. The monoisotopic (exact) mass is 208 g/mol. The van der Waals surface area contributed by atoms with Crippen molar-refractivity contribution in [2.45, 2.75) is 39.4 Å². The summed E-state index contributed by atoms with van der Waals surface area (Å²) in [6.07, 6.45) is 4.37. The molecule has 0 radical (unpaired) electrons. The molecule has 1 rings (SSSR count). The molecule has 0 spiro atoms. The summed E-state index contributed by atoms with van der Waals surface area (Å²) in [5.74, 6) is 0.904. The molecule has 84 valence electrons. The lowest BCUT2D eigenvalue weighted by Crippen LogP contribution is -2.09. The Morgan fingerprint density at radius 2 is 2.33 bits per heavy atom. The first kappa shape index (κ1) is 12.0. The molecule has 0 bridgehead atoms. The molecule has 1 aromatic rings. The third-order valence-electron chi connectivity index (χ3n) is 2.35. The molecular weight excluding hydrogens is 188 g/mol. The molecule has 0 aliphatic carbocycles. The highest BCUT2D eigenvalue weighted by Gasteiger charge is 2.04. The van der Waals surface area contributed by atoms with E-state index in [9.17, 15) is 0 Å². The second-order valence-corrected chi connectivity index (χ2v) is 3.67. The van der Waals surface area contributed by atoms with Crippen LogP contribution in [-0.4, -0.2) is 18.1 Å². The van der Waals surface area contributed by atoms with Gasteiger partial charge in [0.2, 0.25) is 0 Å². The summed E-state index contributed by atoms with van der Waals surface area (Å²) in [6.45, 7) is 4.91. The van der Waals surface area contributed by atoms with Gasteiger partial charge in [-0.05, 0) is 19.4 Å². The Kier molecular flexibility index (Phi) is 5.12. The smallest absolute Gasteiger partial charge is 0.131 e. The second kappa shape index (κ2) is 6.40. The van der Waals surface area contributed by atoms with Crippen molar-refractivity contribution in [3.8, 4) is 0 Å². The standard InChI is InChI=1S/C12H20N2O/c1-4-6-10(2)15-9-11-7-5-8-14-12(11)13-3/h5,7-8,10H,4,6,9H2,1-3H3,(H,13,14). The van der Waals surface area contributed by atoms with Crippen LogP contribution in [0.5, 0.6) is 0 Å². The van der Waals surface area contributed by atoms with E-state index in [1.807, 2.05) is 19.2 Å². The Morgan fingerprint density at radius 1 is 1.53 bits per heavy atom. The van der Waals surface area contributed by atoms with E-state index in [-0.39, 0.29) is 0 Å². The van der Waals surface area contributed by atoms with E-state index in [1.165, 1.54) is 0 Å². The van der Waals surface area contributed by atoms with Crippen molar-refractivity contribution in [1.29, 1.82) is 0 Å². The minimum absolute atomic E-state index is 0.319. The first-order valence-corrected chi connectivity index (χ1v) is 5.51. The van der Waals surface area contributed by atoms with Crippen LogP contribution in [0.3, 0.4) is 0 Å². The van der Waals surface area contributed by atoms with Gasteiger partial charge in [-0.25, -0.2) is 4.98 Å². The molecule has 0 saturated heterocycles. The van der Waals surface area contributed by atoms with Crippen molar-refractivity contribution in [1.82, 2.24) is 4.98 Å². The molecule has 0 saturated carbocycles. The SMILES string of the molecule is CCCC(C)OCc1cccnc1NC. The lowest BCUT2D eigenvalue weighted by atomic mass is 10.2. The van der Waals surface area contributed by atoms with Crippen LogP contribution in [0.1, 0.15) is 32.3 Å². The van der Waals surface area contributed by atoms with E-state index in [1.54, 1.807) is 6.20 Å². The molecule has 0 aliphatic rings. The van der Waals surface area contributed by atoms with Crippen molar-refractivity contribution in [3.05, 3.63) is 23.9 Å². The molecule has 3 heteroatoms. The maximum Gasteiger partial charge on any atom is 0.131 e. The van der Waals surface area contributed by atoms with Crippen LogP contribution >= 0.6 is 0 Å². The first-order chi connectivity index (χ1) is 7.27. The van der Waals surface area contributed by atoms with Gasteiger partial charge in [0, 0.05) is 18.8 Å². The summed E-state index contributed by atoms with van der Waals surface area (Å²) in [4.78, 5) is 4.23. The molecule has 0 fully saturated rings. The zero-order chi connectivity index (χ0) is 11.1. The number of rotatable bonds is 6. The highest BCUT2D eigenvalue weighted by Crippen LogP contribution is 2.13. The summed E-state index contributed by atoms with van der Waals surface area (Å²) >= 11 is 0. The summed E-state index contributed by atoms with van der Waals surface area (Å²) in [5, 5.41) is 3.06. The molecule has 1 unspecified atom stereocenters. The van der Waals surface area contributed by atoms with E-state index >= 15 is 0 Å². The number of nitrogens with one attached hydrogen (secondary N) is 1. The Balaban J connectivity index is 2.49. The van der Waals surface area contributed by atoms with Gasteiger partial charge in [-0.3, -0.25) is 0 Å². The van der Waals surface area contributed by atoms with Crippen LogP contribution in [-0.2, 0) is 11.3 Å². The van der Waals surface area contributed by atoms with Crippen LogP contribution < -0.4 is 5.32 Å². The summed E-state index contributed by atoms with van der Waals surface area (Å²) in [7, 11) is 1.88. The van der Waals surface area contributed by atoms with Gasteiger partial charge in [0.05, 0.1) is 12.7 Å². The van der Waals surface area contributed by atoms with Gasteiger partial charge in [-0.1, -0.05) is 19.4 Å². The number of ether oxygens (including phenoxy) is 1. The lowest BCUT2D eigenvalue weighted by Gasteiger charge is -2.13. The molecule has 0 aromatic carbocycles. The molecule has 0 aliphatic heterocycles. The molecule has 1 atom stereocenters. The minimum Gasteiger partial charge on any atom is -0.374 e. The summed E-state index contributed by atoms with van der Waals surface area (Å²) in [5.41, 5.74) is 1.11. The number of hydrogen-bond donors (Lipinski definition) is 1. The number of pyridine rings is 1. The van der Waals surface area contributed by atoms with Crippen LogP contribution in [0.15, 0.2) is 18.3 Å². The second-order valence-electron chi connectivity index (χ2n) is 3.67. The van der Waals surface area contributed by atoms with Crippen LogP contribution in [0.25, 0.3) is 0 Å². The Morgan fingerprint density at radius 3 is 3.00 bits per heavy atom. The molecule has 1 aromatic heterocycles. The fourth-order valence-electron chi connectivity index (χ4n) is 1.50. The topological polar surface area (TPSA) is 34.1 Å². The quantitative estimate of drug-likeness (QED) is 0.780. The van der Waals surface area contributed by atoms with Gasteiger partial charge in [-0.2, -0.15) is 0 Å². The Labute approximate surface area is 91.9 Å². The van der Waals surface area contributed by atoms with Gasteiger partial charge < -0.3 is 10.1 Å². The van der Waals surface area contributed by atoms with Crippen molar-refractivity contribution in [3.63, 3.8) is 0 Å². The molecule has 1 N–H and O–H groups in total. The zero-order valence-electron chi connectivity index (χ0n) is 9.79. The molecule has 3 nitrogen and oxygen atoms in total. The third kappa shape index (κ3) is 3.88. The molecule has 0 amide bonds. The summed E-state index contributed by atoms with van der Waals surface area (Å²) in [6, 6.07) is 3.97. The predicted molar refractivity (Wildman–Crippen MR) is 62.9 cm³/mol. The fourth-order valence-corrected chi connectivity index (χ4v) is 1.50. The number of aromatic nitrogens is 1. The van der Waals surface area contributed by atoms with Crippen molar-refractivity contribution >= 4 is 5.82 Å². The predicted octanol–water partition coefficient (Wildman–Crippen LogP) is 2.83. The van der Waals surface area contributed by atoms with Crippen molar-refractivity contribution in [2.24, 2.45) is 0 Å². The fraction of sp³-hybridized carbons (Fsp3) is 0.583. The number of anilines is 1. The average Bonchev–Trinajstić information content (AvgIpc) is 2.27. The zero-order valence-corrected chi connectivity index (χ0v) is 9.79. The van der Waals surface area contributed by atoms with E-state index in [0.717, 1.165) is 24.2 Å². The number of nitrogens with zero attached hydrogens (tertiary/aromatic N) is 1. The average molecular weight is 208 g/mol. The number of hydrogen-bond acceptors (Lipinski definition) is 3. The van der Waals surface area contributed by atoms with Gasteiger partial charge in [0.25, 0.3) is 0 Å². The van der Waals surface area contributed by atoms with Gasteiger partial charge in [0.1, 0.15) is 5.82 Å². The molecular formula is C12H20N2O. The first-order valence-electron chi connectivity index (χ1n) is 5.51. The normalized spacial score (nSPS) is 12.5.